The number of nitrogens with zero attached hydrogens (tertiary/aromatic N) is 2. The van der Waals surface area contributed by atoms with Crippen LogP contribution in [0.1, 0.15) is 16.8 Å². The summed E-state index contributed by atoms with van der Waals surface area (Å²) in [6.07, 6.45) is 0.0395. The van der Waals surface area contributed by atoms with Crippen LogP contribution in [0, 0.1) is 0 Å². The van der Waals surface area contributed by atoms with Crippen molar-refractivity contribution in [2.75, 3.05) is 38.8 Å². The highest BCUT2D eigenvalue weighted by atomic mass is 16.5. The van der Waals surface area contributed by atoms with Gasteiger partial charge in [0.25, 0.3) is 11.8 Å². The molecule has 0 radical (unpaired) electrons. The Morgan fingerprint density at radius 1 is 1.00 bits per heavy atom. The van der Waals surface area contributed by atoms with Gasteiger partial charge in [-0.1, -0.05) is 12.1 Å². The van der Waals surface area contributed by atoms with Crippen molar-refractivity contribution < 1.29 is 23.8 Å². The molecule has 2 amide bonds. The number of rotatable bonds is 2. The van der Waals surface area contributed by atoms with Gasteiger partial charge in [-0.2, -0.15) is 0 Å². The van der Waals surface area contributed by atoms with Gasteiger partial charge >= 0.3 is 0 Å². The zero-order valence-corrected chi connectivity index (χ0v) is 15.9. The molecule has 0 N–H and O–H groups in total. The summed E-state index contributed by atoms with van der Waals surface area (Å²) in [4.78, 5) is 28.8. The molecule has 1 atom stereocenters. The third kappa shape index (κ3) is 3.35. The minimum Gasteiger partial charge on any atom is -0.490 e. The highest BCUT2D eigenvalue weighted by molar-refractivity contribution is 6.08. The molecule has 0 aliphatic carbocycles. The Hall–Kier alpha value is -3.22. The predicted octanol–water partition coefficient (Wildman–Crippen LogP) is 2.34. The first-order chi connectivity index (χ1) is 13.5. The minimum atomic E-state index is -0.755. The van der Waals surface area contributed by atoms with Gasteiger partial charge in [-0.3, -0.25) is 9.59 Å². The SMILES string of the molecule is CN(C)C(=O)[C@H]1CN(C(=O)c2ccc3c(c2)OCCCO3)c2ccccc2O1. The zero-order valence-electron chi connectivity index (χ0n) is 15.9. The lowest BCUT2D eigenvalue weighted by molar-refractivity contribution is -0.135. The number of hydrogen-bond donors (Lipinski definition) is 0. The number of fused-ring (bicyclic) bond motifs is 2. The Kier molecular flexibility index (Phi) is 4.81. The zero-order chi connectivity index (χ0) is 19.7. The van der Waals surface area contributed by atoms with Crippen LogP contribution in [0.2, 0.25) is 0 Å². The molecular formula is C21H22N2O5. The van der Waals surface area contributed by atoms with Crippen LogP contribution in [-0.2, 0) is 4.79 Å². The van der Waals surface area contributed by atoms with Gasteiger partial charge in [0.1, 0.15) is 5.75 Å². The molecule has 2 aliphatic heterocycles. The molecule has 2 heterocycles. The highest BCUT2D eigenvalue weighted by Crippen LogP contribution is 2.36. The molecule has 0 saturated heterocycles. The topological polar surface area (TPSA) is 68.3 Å². The minimum absolute atomic E-state index is 0.140. The van der Waals surface area contributed by atoms with Gasteiger partial charge in [0.15, 0.2) is 17.6 Å². The van der Waals surface area contributed by atoms with Crippen molar-refractivity contribution in [2.24, 2.45) is 0 Å². The van der Waals surface area contributed by atoms with E-state index in [0.29, 0.717) is 41.7 Å². The summed E-state index contributed by atoms with van der Waals surface area (Å²) in [5.41, 5.74) is 1.11. The van der Waals surface area contributed by atoms with Crippen LogP contribution in [0.3, 0.4) is 0 Å². The summed E-state index contributed by atoms with van der Waals surface area (Å²) >= 11 is 0. The molecule has 0 saturated carbocycles. The Morgan fingerprint density at radius 3 is 2.54 bits per heavy atom. The van der Waals surface area contributed by atoms with Crippen molar-refractivity contribution >= 4 is 17.5 Å². The van der Waals surface area contributed by atoms with E-state index in [4.69, 9.17) is 14.2 Å². The Labute approximate surface area is 163 Å². The maximum atomic E-state index is 13.3. The lowest BCUT2D eigenvalue weighted by Crippen LogP contribution is -2.50. The molecule has 146 valence electrons. The van der Waals surface area contributed by atoms with Gasteiger partial charge in [-0.15, -0.1) is 0 Å². The van der Waals surface area contributed by atoms with E-state index in [-0.39, 0.29) is 18.4 Å². The van der Waals surface area contributed by atoms with Gasteiger partial charge in [0.05, 0.1) is 25.4 Å². The van der Waals surface area contributed by atoms with E-state index >= 15 is 0 Å². The number of para-hydroxylation sites is 2. The van der Waals surface area contributed by atoms with E-state index in [1.54, 1.807) is 43.3 Å². The van der Waals surface area contributed by atoms with Gasteiger partial charge in [-0.05, 0) is 30.3 Å². The largest absolute Gasteiger partial charge is 0.490 e. The third-order valence-electron chi connectivity index (χ3n) is 4.73. The van der Waals surface area contributed by atoms with E-state index < -0.39 is 6.10 Å². The number of amides is 2. The first kappa shape index (κ1) is 18.2. The smallest absolute Gasteiger partial charge is 0.265 e. The summed E-state index contributed by atoms with van der Waals surface area (Å²) < 4.78 is 17.2. The molecule has 2 aromatic rings. The molecule has 4 rings (SSSR count). The van der Waals surface area contributed by atoms with Crippen LogP contribution in [0.5, 0.6) is 17.2 Å². The molecule has 7 nitrogen and oxygen atoms in total. The van der Waals surface area contributed by atoms with Crippen molar-refractivity contribution in [3.8, 4) is 17.2 Å². The first-order valence-corrected chi connectivity index (χ1v) is 9.23. The van der Waals surface area contributed by atoms with Crippen LogP contribution in [0.25, 0.3) is 0 Å². The summed E-state index contributed by atoms with van der Waals surface area (Å²) in [5, 5.41) is 0. The van der Waals surface area contributed by atoms with Crippen LogP contribution >= 0.6 is 0 Å². The molecule has 7 heteroatoms. The van der Waals surface area contributed by atoms with E-state index in [2.05, 4.69) is 0 Å². The molecule has 0 unspecified atom stereocenters. The van der Waals surface area contributed by atoms with E-state index in [1.165, 1.54) is 4.90 Å². The lowest BCUT2D eigenvalue weighted by atomic mass is 10.1. The fourth-order valence-corrected chi connectivity index (χ4v) is 3.30. The molecule has 0 bridgehead atoms. The second-order valence-electron chi connectivity index (χ2n) is 6.93. The van der Waals surface area contributed by atoms with Gasteiger partial charge in [0.2, 0.25) is 0 Å². The van der Waals surface area contributed by atoms with Crippen molar-refractivity contribution in [3.05, 3.63) is 48.0 Å². The van der Waals surface area contributed by atoms with Crippen molar-refractivity contribution in [3.63, 3.8) is 0 Å². The fourth-order valence-electron chi connectivity index (χ4n) is 3.30. The van der Waals surface area contributed by atoms with Gasteiger partial charge in [-0.25, -0.2) is 0 Å². The Balaban J connectivity index is 1.68. The normalized spacial score (nSPS) is 17.8. The van der Waals surface area contributed by atoms with Crippen molar-refractivity contribution in [1.82, 2.24) is 4.90 Å². The summed E-state index contributed by atoms with van der Waals surface area (Å²) in [7, 11) is 3.34. The van der Waals surface area contributed by atoms with Crippen LogP contribution < -0.4 is 19.1 Å². The average Bonchev–Trinajstić information content (AvgIpc) is 2.96. The molecule has 0 fully saturated rings. The highest BCUT2D eigenvalue weighted by Gasteiger charge is 2.35. The number of ether oxygens (including phenoxy) is 3. The van der Waals surface area contributed by atoms with E-state index in [0.717, 1.165) is 6.42 Å². The van der Waals surface area contributed by atoms with Crippen LogP contribution in [0.4, 0.5) is 5.69 Å². The summed E-state index contributed by atoms with van der Waals surface area (Å²) in [6.45, 7) is 1.28. The molecular weight excluding hydrogens is 360 g/mol. The molecule has 28 heavy (non-hydrogen) atoms. The fraction of sp³-hybridized carbons (Fsp3) is 0.333. The van der Waals surface area contributed by atoms with E-state index in [9.17, 15) is 9.59 Å². The van der Waals surface area contributed by atoms with Crippen LogP contribution in [0.15, 0.2) is 42.5 Å². The summed E-state index contributed by atoms with van der Waals surface area (Å²) in [6, 6.07) is 12.4. The number of benzene rings is 2. The monoisotopic (exact) mass is 382 g/mol. The standard InChI is InChI=1S/C21H22N2O5/c1-22(2)21(25)19-13-23(15-6-3-4-7-16(15)28-19)20(24)14-8-9-17-18(12-14)27-11-5-10-26-17/h3-4,6-9,12,19H,5,10-11,13H2,1-2H3/t19-/m1/s1. The van der Waals surface area contributed by atoms with E-state index in [1.807, 2.05) is 18.2 Å². The molecule has 2 aromatic carbocycles. The summed E-state index contributed by atoms with van der Waals surface area (Å²) in [5.74, 6) is 1.30. The second kappa shape index (κ2) is 7.42. The molecule has 0 aromatic heterocycles. The van der Waals surface area contributed by atoms with Gasteiger partial charge < -0.3 is 24.0 Å². The van der Waals surface area contributed by atoms with Crippen molar-refractivity contribution in [2.45, 2.75) is 12.5 Å². The number of carbonyl (C=O) groups excluding carboxylic acids is 2. The molecule has 0 spiro atoms. The number of likely N-dealkylation sites (N-methyl/N-ethyl adjacent to an activating group) is 1. The number of hydrogen-bond acceptors (Lipinski definition) is 5. The number of anilines is 1. The second-order valence-corrected chi connectivity index (χ2v) is 6.93. The van der Waals surface area contributed by atoms with Gasteiger partial charge in [0, 0.05) is 26.1 Å². The Bertz CT molecular complexity index is 911. The third-order valence-corrected chi connectivity index (χ3v) is 4.73. The quantitative estimate of drug-likeness (QED) is 0.798. The predicted molar refractivity (Wildman–Crippen MR) is 103 cm³/mol. The van der Waals surface area contributed by atoms with Crippen LogP contribution in [-0.4, -0.2) is 56.7 Å². The molecule has 2 aliphatic rings. The lowest BCUT2D eigenvalue weighted by Gasteiger charge is -2.35. The number of carbonyl (C=O) groups is 2. The maximum Gasteiger partial charge on any atom is 0.265 e. The maximum absolute atomic E-state index is 13.3. The van der Waals surface area contributed by atoms with Crippen molar-refractivity contribution in [1.29, 1.82) is 0 Å². The Morgan fingerprint density at radius 2 is 1.75 bits per heavy atom. The first-order valence-electron chi connectivity index (χ1n) is 9.23. The average molecular weight is 382 g/mol.